The van der Waals surface area contributed by atoms with Crippen molar-refractivity contribution in [3.63, 3.8) is 0 Å². The van der Waals surface area contributed by atoms with E-state index >= 15 is 0 Å². The van der Waals surface area contributed by atoms with Crippen molar-refractivity contribution >= 4 is 21.6 Å². The number of hydrogen-bond acceptors (Lipinski definition) is 5. The third kappa shape index (κ3) is 5.22. The summed E-state index contributed by atoms with van der Waals surface area (Å²) < 4.78 is 33.6. The number of morpholine rings is 1. The Labute approximate surface area is 180 Å². The van der Waals surface area contributed by atoms with Crippen LogP contribution in [-0.2, 0) is 19.6 Å². The van der Waals surface area contributed by atoms with Gasteiger partial charge in [-0.15, -0.1) is 0 Å². The molecule has 0 bridgehead atoms. The van der Waals surface area contributed by atoms with Crippen molar-refractivity contribution in [2.45, 2.75) is 69.9 Å². The molecule has 7 nitrogen and oxygen atoms in total. The third-order valence-corrected chi connectivity index (χ3v) is 8.18. The number of nitrogens with zero attached hydrogens (tertiary/aromatic N) is 2. The maximum atomic E-state index is 13.1. The lowest BCUT2D eigenvalue weighted by Crippen LogP contribution is -2.51. The highest BCUT2D eigenvalue weighted by molar-refractivity contribution is 7.89. The van der Waals surface area contributed by atoms with E-state index in [0.717, 1.165) is 38.8 Å². The Bertz CT molecular complexity index is 837. The highest BCUT2D eigenvalue weighted by Crippen LogP contribution is 2.26. The van der Waals surface area contributed by atoms with Crippen LogP contribution in [0.15, 0.2) is 23.1 Å². The average molecular weight is 438 g/mol. The second-order valence-corrected chi connectivity index (χ2v) is 10.2. The van der Waals surface area contributed by atoms with Crippen LogP contribution < -0.4 is 5.32 Å². The zero-order valence-corrected chi connectivity index (χ0v) is 19.2. The zero-order chi connectivity index (χ0) is 21.7. The Hall–Kier alpha value is -1.48. The van der Waals surface area contributed by atoms with Gasteiger partial charge >= 0.3 is 0 Å². The SMILES string of the molecule is CCC1CN(C(CC)C(=O)Nc2ccc(C)c(S(=O)(=O)N3CCCCC3)c2)CCO1. The van der Waals surface area contributed by atoms with Crippen LogP contribution in [0.25, 0.3) is 0 Å². The van der Waals surface area contributed by atoms with Gasteiger partial charge in [0.1, 0.15) is 0 Å². The van der Waals surface area contributed by atoms with Crippen LogP contribution in [0.5, 0.6) is 0 Å². The molecule has 3 rings (SSSR count). The molecule has 2 aliphatic heterocycles. The first kappa shape index (κ1) is 23.2. The fraction of sp³-hybridized carbons (Fsp3) is 0.682. The summed E-state index contributed by atoms with van der Waals surface area (Å²) in [5.74, 6) is -0.0978. The van der Waals surface area contributed by atoms with Gasteiger partial charge in [0.15, 0.2) is 0 Å². The summed E-state index contributed by atoms with van der Waals surface area (Å²) in [6.45, 7) is 9.11. The largest absolute Gasteiger partial charge is 0.376 e. The molecular formula is C22H35N3O4S. The maximum Gasteiger partial charge on any atom is 0.243 e. The summed E-state index contributed by atoms with van der Waals surface area (Å²) in [6, 6.07) is 4.91. The molecule has 8 heteroatoms. The number of rotatable bonds is 7. The van der Waals surface area contributed by atoms with E-state index in [4.69, 9.17) is 4.74 Å². The van der Waals surface area contributed by atoms with Crippen molar-refractivity contribution in [1.82, 2.24) is 9.21 Å². The summed E-state index contributed by atoms with van der Waals surface area (Å²) in [5, 5.41) is 2.96. The quantitative estimate of drug-likeness (QED) is 0.709. The van der Waals surface area contributed by atoms with Crippen molar-refractivity contribution < 1.29 is 17.9 Å². The molecule has 2 aliphatic rings. The lowest BCUT2D eigenvalue weighted by Gasteiger charge is -2.37. The number of carbonyl (C=O) groups excluding carboxylic acids is 1. The van der Waals surface area contributed by atoms with Crippen LogP contribution in [0.4, 0.5) is 5.69 Å². The predicted molar refractivity (Wildman–Crippen MR) is 118 cm³/mol. The Kier molecular flexibility index (Phi) is 7.90. The van der Waals surface area contributed by atoms with Gasteiger partial charge in [-0.2, -0.15) is 4.31 Å². The topological polar surface area (TPSA) is 79.0 Å². The molecule has 2 fully saturated rings. The highest BCUT2D eigenvalue weighted by atomic mass is 32.2. The van der Waals surface area contributed by atoms with E-state index in [9.17, 15) is 13.2 Å². The van der Waals surface area contributed by atoms with Crippen molar-refractivity contribution in [3.8, 4) is 0 Å². The standard InChI is InChI=1S/C22H35N3O4S/c1-4-19-16-24(13-14-29-19)20(5-2)22(26)23-18-10-9-17(3)21(15-18)30(27,28)25-11-7-6-8-12-25/h9-10,15,19-20H,4-8,11-14,16H2,1-3H3,(H,23,26). The molecule has 2 unspecified atom stereocenters. The molecule has 0 radical (unpaired) electrons. The molecule has 0 aliphatic carbocycles. The van der Waals surface area contributed by atoms with E-state index < -0.39 is 10.0 Å². The number of amides is 1. The smallest absolute Gasteiger partial charge is 0.243 e. The summed E-state index contributed by atoms with van der Waals surface area (Å²) in [7, 11) is -3.55. The molecule has 2 atom stereocenters. The minimum Gasteiger partial charge on any atom is -0.376 e. The molecule has 1 aromatic rings. The monoisotopic (exact) mass is 437 g/mol. The van der Waals surface area contributed by atoms with Crippen molar-refractivity contribution in [3.05, 3.63) is 23.8 Å². The number of nitrogens with one attached hydrogen (secondary N) is 1. The molecule has 1 aromatic carbocycles. The summed E-state index contributed by atoms with van der Waals surface area (Å²) in [5.41, 5.74) is 1.23. The van der Waals surface area contributed by atoms with Gasteiger partial charge in [-0.1, -0.05) is 26.3 Å². The minimum absolute atomic E-state index is 0.0978. The first-order chi connectivity index (χ1) is 14.4. The fourth-order valence-electron chi connectivity index (χ4n) is 4.31. The number of hydrogen-bond donors (Lipinski definition) is 1. The van der Waals surface area contributed by atoms with E-state index in [2.05, 4.69) is 17.1 Å². The van der Waals surface area contributed by atoms with Crippen LogP contribution in [-0.4, -0.2) is 68.5 Å². The molecule has 2 heterocycles. The highest BCUT2D eigenvalue weighted by Gasteiger charge is 2.30. The Balaban J connectivity index is 1.76. The van der Waals surface area contributed by atoms with E-state index in [1.54, 1.807) is 29.4 Å². The van der Waals surface area contributed by atoms with Crippen LogP contribution in [0.3, 0.4) is 0 Å². The Morgan fingerprint density at radius 2 is 1.93 bits per heavy atom. The lowest BCUT2D eigenvalue weighted by atomic mass is 10.1. The van der Waals surface area contributed by atoms with E-state index in [1.807, 2.05) is 6.92 Å². The predicted octanol–water partition coefficient (Wildman–Crippen LogP) is 3.00. The molecule has 1 N–H and O–H groups in total. The molecule has 0 spiro atoms. The lowest BCUT2D eigenvalue weighted by molar-refractivity contribution is -0.125. The van der Waals surface area contributed by atoms with Crippen molar-refractivity contribution in [2.24, 2.45) is 0 Å². The fourth-order valence-corrected chi connectivity index (χ4v) is 6.08. The van der Waals surface area contributed by atoms with Gasteiger partial charge in [-0.05, 0) is 50.3 Å². The van der Waals surface area contributed by atoms with E-state index in [0.29, 0.717) is 37.4 Å². The number of ether oxygens (including phenoxy) is 1. The van der Waals surface area contributed by atoms with Gasteiger partial charge in [0.05, 0.1) is 23.6 Å². The number of carbonyl (C=O) groups is 1. The molecule has 2 saturated heterocycles. The summed E-state index contributed by atoms with van der Waals surface area (Å²) in [4.78, 5) is 15.5. The maximum absolute atomic E-state index is 13.1. The molecule has 1 amide bonds. The first-order valence-corrected chi connectivity index (χ1v) is 12.6. The number of piperidine rings is 1. The molecular weight excluding hydrogens is 402 g/mol. The van der Waals surface area contributed by atoms with Gasteiger partial charge in [0, 0.05) is 31.9 Å². The van der Waals surface area contributed by atoms with Crippen LogP contribution >= 0.6 is 0 Å². The van der Waals surface area contributed by atoms with Crippen LogP contribution in [0.2, 0.25) is 0 Å². The van der Waals surface area contributed by atoms with Crippen molar-refractivity contribution in [2.75, 3.05) is 38.1 Å². The van der Waals surface area contributed by atoms with E-state index in [-0.39, 0.29) is 22.9 Å². The van der Waals surface area contributed by atoms with Gasteiger partial charge in [0.25, 0.3) is 0 Å². The minimum atomic E-state index is -3.55. The molecule has 168 valence electrons. The number of sulfonamides is 1. The Morgan fingerprint density at radius 3 is 2.60 bits per heavy atom. The molecule has 30 heavy (non-hydrogen) atoms. The van der Waals surface area contributed by atoms with E-state index in [1.165, 1.54) is 0 Å². The van der Waals surface area contributed by atoms with Crippen molar-refractivity contribution in [1.29, 1.82) is 0 Å². The first-order valence-electron chi connectivity index (χ1n) is 11.1. The average Bonchev–Trinajstić information content (AvgIpc) is 2.76. The van der Waals surface area contributed by atoms with Gasteiger partial charge in [-0.3, -0.25) is 9.69 Å². The summed E-state index contributed by atoms with van der Waals surface area (Å²) in [6.07, 6.45) is 4.62. The normalized spacial score (nSPS) is 22.6. The zero-order valence-electron chi connectivity index (χ0n) is 18.4. The summed E-state index contributed by atoms with van der Waals surface area (Å²) >= 11 is 0. The third-order valence-electron chi connectivity index (χ3n) is 6.14. The second kappa shape index (κ2) is 10.2. The van der Waals surface area contributed by atoms with Crippen LogP contribution in [0.1, 0.15) is 51.5 Å². The van der Waals surface area contributed by atoms with Gasteiger partial charge in [-0.25, -0.2) is 8.42 Å². The number of aryl methyl sites for hydroxylation is 1. The number of anilines is 1. The second-order valence-electron chi connectivity index (χ2n) is 8.25. The van der Waals surface area contributed by atoms with Gasteiger partial charge < -0.3 is 10.1 Å². The van der Waals surface area contributed by atoms with Gasteiger partial charge in [0.2, 0.25) is 15.9 Å². The number of benzene rings is 1. The Morgan fingerprint density at radius 1 is 1.20 bits per heavy atom. The molecule has 0 saturated carbocycles. The molecule has 0 aromatic heterocycles. The van der Waals surface area contributed by atoms with Crippen LogP contribution in [0, 0.1) is 6.92 Å².